The summed E-state index contributed by atoms with van der Waals surface area (Å²) in [6.07, 6.45) is 4.28. The number of rotatable bonds is 5. The zero-order valence-electron chi connectivity index (χ0n) is 22.2. The molecule has 4 rings (SSSR count). The molecule has 202 valence electrons. The second-order valence-electron chi connectivity index (χ2n) is 11.5. The van der Waals surface area contributed by atoms with E-state index in [0.29, 0.717) is 24.8 Å². The van der Waals surface area contributed by atoms with Crippen molar-refractivity contribution in [2.75, 3.05) is 6.61 Å². The smallest absolute Gasteiger partial charge is 0.303 e. The van der Waals surface area contributed by atoms with Crippen LogP contribution in [0.2, 0.25) is 0 Å². The Morgan fingerprint density at radius 3 is 2.32 bits per heavy atom. The van der Waals surface area contributed by atoms with Crippen LogP contribution in [0, 0.1) is 28.6 Å². The van der Waals surface area contributed by atoms with Gasteiger partial charge in [-0.2, -0.15) is 0 Å². The molecule has 0 aromatic rings. The van der Waals surface area contributed by atoms with E-state index in [2.05, 4.69) is 0 Å². The zero-order chi connectivity index (χ0) is 27.6. The van der Waals surface area contributed by atoms with Gasteiger partial charge in [0.2, 0.25) is 5.78 Å². The third-order valence-corrected chi connectivity index (χ3v) is 9.59. The molecule has 0 radical (unpaired) electrons. The number of hydrogen-bond acceptors (Lipinski definition) is 8. The average Bonchev–Trinajstić information content (AvgIpc) is 3.00. The molecule has 0 aromatic heterocycles. The Balaban J connectivity index is 1.89. The molecule has 0 spiro atoms. The van der Waals surface area contributed by atoms with Gasteiger partial charge in [-0.05, 0) is 50.7 Å². The summed E-state index contributed by atoms with van der Waals surface area (Å²) < 4.78 is 34.4. The minimum Gasteiger partial charge on any atom is -0.459 e. The van der Waals surface area contributed by atoms with Gasteiger partial charge in [-0.25, -0.2) is 4.39 Å². The maximum Gasteiger partial charge on any atom is 0.303 e. The first-order valence-corrected chi connectivity index (χ1v) is 12.8. The van der Waals surface area contributed by atoms with E-state index in [1.165, 1.54) is 32.9 Å². The Kier molecular flexibility index (Phi) is 6.53. The van der Waals surface area contributed by atoms with Crippen molar-refractivity contribution in [1.29, 1.82) is 0 Å². The summed E-state index contributed by atoms with van der Waals surface area (Å²) in [4.78, 5) is 62.1. The second-order valence-corrected chi connectivity index (χ2v) is 11.5. The topological polar surface area (TPSA) is 113 Å². The van der Waals surface area contributed by atoms with Crippen molar-refractivity contribution in [3.05, 3.63) is 23.8 Å². The van der Waals surface area contributed by atoms with Gasteiger partial charge in [-0.15, -0.1) is 0 Å². The summed E-state index contributed by atoms with van der Waals surface area (Å²) in [6, 6.07) is 0. The fraction of sp³-hybridized carbons (Fsp3) is 0.679. The van der Waals surface area contributed by atoms with E-state index in [0.717, 1.165) is 0 Å². The lowest BCUT2D eigenvalue weighted by molar-refractivity contribution is -0.235. The normalized spacial score (nSPS) is 42.0. The Morgan fingerprint density at radius 2 is 1.73 bits per heavy atom. The SMILES string of the molecule is CC(=O)OCC(=O)C1(OC(C)=O)C(C)CC2C3CCC4=CC(=O)C=CC4(C)C3(F)C(OC(C)=O)CC21C. The van der Waals surface area contributed by atoms with E-state index in [1.54, 1.807) is 26.8 Å². The predicted molar refractivity (Wildman–Crippen MR) is 129 cm³/mol. The minimum atomic E-state index is -2.06. The molecule has 0 aliphatic heterocycles. The molecule has 0 saturated heterocycles. The molecule has 8 nitrogen and oxygen atoms in total. The average molecular weight is 519 g/mol. The van der Waals surface area contributed by atoms with Crippen LogP contribution in [0.15, 0.2) is 23.8 Å². The second kappa shape index (κ2) is 8.88. The summed E-state index contributed by atoms with van der Waals surface area (Å²) >= 11 is 0. The molecule has 0 amide bonds. The van der Waals surface area contributed by atoms with Gasteiger partial charge < -0.3 is 14.2 Å². The van der Waals surface area contributed by atoms with Gasteiger partial charge >= 0.3 is 17.9 Å². The Morgan fingerprint density at radius 1 is 1.05 bits per heavy atom. The molecule has 3 fully saturated rings. The quantitative estimate of drug-likeness (QED) is 0.401. The van der Waals surface area contributed by atoms with Crippen LogP contribution in [0.25, 0.3) is 0 Å². The largest absolute Gasteiger partial charge is 0.459 e. The van der Waals surface area contributed by atoms with Crippen LogP contribution in [0.1, 0.15) is 67.2 Å². The summed E-state index contributed by atoms with van der Waals surface area (Å²) in [7, 11) is 0. The van der Waals surface area contributed by atoms with Crippen LogP contribution in [0.5, 0.6) is 0 Å². The molecule has 0 aromatic carbocycles. The maximum absolute atomic E-state index is 17.9. The van der Waals surface area contributed by atoms with Gasteiger partial charge in [0.25, 0.3) is 0 Å². The number of hydrogen-bond donors (Lipinski definition) is 0. The predicted octanol–water partition coefficient (Wildman–Crippen LogP) is 3.61. The number of carbonyl (C=O) groups is 5. The fourth-order valence-electron chi connectivity index (χ4n) is 8.19. The molecule has 0 N–H and O–H groups in total. The maximum atomic E-state index is 17.9. The van der Waals surface area contributed by atoms with E-state index in [-0.39, 0.29) is 12.2 Å². The first-order valence-electron chi connectivity index (χ1n) is 12.8. The lowest BCUT2D eigenvalue weighted by atomic mass is 9.44. The first kappa shape index (κ1) is 27.2. The molecule has 8 unspecified atom stereocenters. The summed E-state index contributed by atoms with van der Waals surface area (Å²) in [6.45, 7) is 8.31. The van der Waals surface area contributed by atoms with Crippen molar-refractivity contribution >= 4 is 29.5 Å². The van der Waals surface area contributed by atoms with Crippen LogP contribution >= 0.6 is 0 Å². The molecule has 4 aliphatic rings. The van der Waals surface area contributed by atoms with Gasteiger partial charge in [0.15, 0.2) is 23.7 Å². The highest BCUT2D eigenvalue weighted by atomic mass is 19.1. The van der Waals surface area contributed by atoms with Gasteiger partial charge in [0.05, 0.1) is 0 Å². The third kappa shape index (κ3) is 3.71. The number of alkyl halides is 1. The highest BCUT2D eigenvalue weighted by molar-refractivity contribution is 6.01. The number of halogens is 1. The molecule has 37 heavy (non-hydrogen) atoms. The van der Waals surface area contributed by atoms with Crippen LogP contribution in [-0.2, 0) is 38.2 Å². The van der Waals surface area contributed by atoms with Crippen LogP contribution in [-0.4, -0.2) is 53.5 Å². The molecule has 0 heterocycles. The third-order valence-electron chi connectivity index (χ3n) is 9.59. The van der Waals surface area contributed by atoms with Crippen molar-refractivity contribution < 1.29 is 42.6 Å². The number of esters is 3. The monoisotopic (exact) mass is 518 g/mol. The van der Waals surface area contributed by atoms with Crippen LogP contribution in [0.4, 0.5) is 4.39 Å². The van der Waals surface area contributed by atoms with Crippen LogP contribution < -0.4 is 0 Å². The van der Waals surface area contributed by atoms with Crippen LogP contribution in [0.3, 0.4) is 0 Å². The lowest BCUT2D eigenvalue weighted by Gasteiger charge is -2.63. The zero-order valence-corrected chi connectivity index (χ0v) is 22.2. The molecule has 4 aliphatic carbocycles. The Bertz CT molecular complexity index is 1130. The summed E-state index contributed by atoms with van der Waals surface area (Å²) in [5.41, 5.74) is -5.41. The van der Waals surface area contributed by atoms with Crippen molar-refractivity contribution in [3.63, 3.8) is 0 Å². The van der Waals surface area contributed by atoms with E-state index >= 15 is 4.39 Å². The number of ether oxygens (including phenoxy) is 3. The van der Waals surface area contributed by atoms with Gasteiger partial charge in [0, 0.05) is 43.4 Å². The highest BCUT2D eigenvalue weighted by Gasteiger charge is 2.78. The highest BCUT2D eigenvalue weighted by Crippen LogP contribution is 2.71. The Hall–Kier alpha value is -2.84. The Labute approximate surface area is 216 Å². The lowest BCUT2D eigenvalue weighted by Crippen LogP contribution is -2.70. The van der Waals surface area contributed by atoms with E-state index in [4.69, 9.17) is 14.2 Å². The molecular weight excluding hydrogens is 483 g/mol. The van der Waals surface area contributed by atoms with E-state index in [9.17, 15) is 24.0 Å². The standard InChI is InChI=1S/C28H35FO8/c1-15-11-22-21-8-7-19-12-20(33)9-10-25(19,5)27(21,29)24(36-17(3)31)13-26(22,6)28(15,37-18(4)32)23(34)14-35-16(2)30/h9-10,12,15,21-22,24H,7-8,11,13-14H2,1-6H3. The number of allylic oxidation sites excluding steroid dienone is 4. The fourth-order valence-corrected chi connectivity index (χ4v) is 8.19. The molecule has 9 heteroatoms. The number of carbonyl (C=O) groups excluding carboxylic acids is 5. The van der Waals surface area contributed by atoms with Gasteiger partial charge in [0.1, 0.15) is 6.10 Å². The van der Waals surface area contributed by atoms with Gasteiger partial charge in [-0.1, -0.05) is 25.5 Å². The first-order chi connectivity index (χ1) is 17.1. The molecular formula is C28H35FO8. The van der Waals surface area contributed by atoms with Crippen molar-refractivity contribution in [3.8, 4) is 0 Å². The number of Topliss-reactive ketones (excluding diaryl/α,β-unsaturated/α-hetero) is 1. The number of ketones is 2. The molecule has 3 saturated carbocycles. The number of fused-ring (bicyclic) bond motifs is 5. The minimum absolute atomic E-state index is 0.0850. The summed E-state index contributed by atoms with van der Waals surface area (Å²) in [5, 5.41) is 0. The van der Waals surface area contributed by atoms with Gasteiger partial charge in [-0.3, -0.25) is 24.0 Å². The van der Waals surface area contributed by atoms with E-state index in [1.807, 2.05) is 0 Å². The van der Waals surface area contributed by atoms with Crippen molar-refractivity contribution in [2.45, 2.75) is 84.6 Å². The summed E-state index contributed by atoms with van der Waals surface area (Å²) in [5.74, 6) is -4.37. The van der Waals surface area contributed by atoms with E-state index < -0.39 is 76.3 Å². The van der Waals surface area contributed by atoms with Crippen molar-refractivity contribution in [2.24, 2.45) is 28.6 Å². The molecule has 8 atom stereocenters. The van der Waals surface area contributed by atoms with Crippen molar-refractivity contribution in [1.82, 2.24) is 0 Å². The molecule has 0 bridgehead atoms.